The second-order valence-electron chi connectivity index (χ2n) is 5.90. The van der Waals surface area contributed by atoms with Gasteiger partial charge in [-0.25, -0.2) is 19.7 Å². The lowest BCUT2D eigenvalue weighted by atomic mass is 10.2. The van der Waals surface area contributed by atoms with Gasteiger partial charge in [-0.15, -0.1) is 0 Å². The van der Waals surface area contributed by atoms with E-state index in [9.17, 15) is 8.78 Å². The molecule has 0 radical (unpaired) electrons. The summed E-state index contributed by atoms with van der Waals surface area (Å²) >= 11 is 0. The van der Waals surface area contributed by atoms with Crippen molar-refractivity contribution >= 4 is 22.8 Å². The van der Waals surface area contributed by atoms with E-state index in [0.29, 0.717) is 36.8 Å². The van der Waals surface area contributed by atoms with Crippen molar-refractivity contribution in [3.05, 3.63) is 18.5 Å². The zero-order chi connectivity index (χ0) is 18.8. The summed E-state index contributed by atoms with van der Waals surface area (Å²) in [5.74, 6) is 0.490. The molecule has 144 valence electrons. The molecule has 0 saturated carbocycles. The van der Waals surface area contributed by atoms with Gasteiger partial charge in [-0.2, -0.15) is 19.0 Å². The van der Waals surface area contributed by atoms with Gasteiger partial charge in [0.15, 0.2) is 17.3 Å². The second-order valence-corrected chi connectivity index (χ2v) is 5.90. The summed E-state index contributed by atoms with van der Waals surface area (Å²) in [4.78, 5) is 8.82. The molecule has 0 amide bonds. The van der Waals surface area contributed by atoms with Gasteiger partial charge in [0, 0.05) is 6.07 Å². The lowest BCUT2D eigenvalue weighted by Gasteiger charge is -2.28. The first-order chi connectivity index (χ1) is 13.1. The number of alkyl halides is 2. The maximum absolute atomic E-state index is 12.2. The Labute approximate surface area is 151 Å². The van der Waals surface area contributed by atoms with E-state index in [1.54, 1.807) is 10.9 Å². The van der Waals surface area contributed by atoms with Crippen LogP contribution in [-0.4, -0.2) is 62.5 Å². The molecule has 0 bridgehead atoms. The van der Waals surface area contributed by atoms with Crippen LogP contribution >= 0.6 is 0 Å². The smallest absolute Gasteiger partial charge is 0.388 e. The molecule has 0 aromatic carbocycles. The fourth-order valence-corrected chi connectivity index (χ4v) is 2.78. The van der Waals surface area contributed by atoms with Crippen molar-refractivity contribution in [2.24, 2.45) is 0 Å². The third kappa shape index (κ3) is 3.80. The van der Waals surface area contributed by atoms with Gasteiger partial charge in [0.1, 0.15) is 11.6 Å². The summed E-state index contributed by atoms with van der Waals surface area (Å²) in [5.41, 5.74) is 1.18. The molecule has 27 heavy (non-hydrogen) atoms. The number of halogens is 2. The number of aromatic nitrogens is 6. The van der Waals surface area contributed by atoms with E-state index in [1.165, 1.54) is 12.3 Å². The molecule has 2 N–H and O–H groups in total. The molecule has 2 atom stereocenters. The topological polar surface area (TPSA) is 112 Å². The summed E-state index contributed by atoms with van der Waals surface area (Å²) in [7, 11) is 0. The highest BCUT2D eigenvalue weighted by Crippen LogP contribution is 2.23. The number of aromatic amines is 1. The molecule has 0 aliphatic carbocycles. The SMILES string of the molecule is C[C@H](C1COCCO1)n1ncc2ncc(Nc3cc(OC(F)F)[nH]n3)nc21. The molecule has 3 aromatic heterocycles. The Morgan fingerprint density at radius 3 is 3.00 bits per heavy atom. The van der Waals surface area contributed by atoms with Crippen molar-refractivity contribution in [3.8, 4) is 5.88 Å². The highest BCUT2D eigenvalue weighted by molar-refractivity contribution is 5.72. The molecule has 10 nitrogen and oxygen atoms in total. The summed E-state index contributed by atoms with van der Waals surface area (Å²) in [6.45, 7) is 0.632. The molecule has 1 aliphatic rings. The molecular weight excluding hydrogens is 364 g/mol. The van der Waals surface area contributed by atoms with E-state index in [-0.39, 0.29) is 23.8 Å². The first-order valence-electron chi connectivity index (χ1n) is 8.27. The van der Waals surface area contributed by atoms with Crippen molar-refractivity contribution < 1.29 is 23.0 Å². The van der Waals surface area contributed by atoms with E-state index >= 15 is 0 Å². The van der Waals surface area contributed by atoms with Crippen molar-refractivity contribution in [2.45, 2.75) is 25.7 Å². The van der Waals surface area contributed by atoms with Crippen LogP contribution in [-0.2, 0) is 9.47 Å². The minimum absolute atomic E-state index is 0.108. The van der Waals surface area contributed by atoms with Gasteiger partial charge in [0.05, 0.1) is 38.3 Å². The van der Waals surface area contributed by atoms with Crippen molar-refractivity contribution in [3.63, 3.8) is 0 Å². The number of hydrogen-bond donors (Lipinski definition) is 2. The van der Waals surface area contributed by atoms with Gasteiger partial charge in [-0.05, 0) is 6.92 Å². The van der Waals surface area contributed by atoms with Crippen LogP contribution in [0.25, 0.3) is 11.2 Å². The Hall–Kier alpha value is -2.86. The lowest BCUT2D eigenvalue weighted by molar-refractivity contribution is -0.106. The Bertz CT molecular complexity index is 910. The Kier molecular flexibility index (Phi) is 4.81. The molecule has 3 aromatic rings. The number of H-pyrrole nitrogens is 1. The summed E-state index contributed by atoms with van der Waals surface area (Å²) in [6.07, 6.45) is 2.98. The molecular formula is C15H17F2N7O3. The summed E-state index contributed by atoms with van der Waals surface area (Å²) < 4.78 is 41.6. The van der Waals surface area contributed by atoms with Gasteiger partial charge in [-0.3, -0.25) is 0 Å². The lowest BCUT2D eigenvalue weighted by Crippen LogP contribution is -2.35. The first-order valence-corrected chi connectivity index (χ1v) is 8.27. The van der Waals surface area contributed by atoms with Crippen LogP contribution in [0.4, 0.5) is 20.4 Å². The van der Waals surface area contributed by atoms with Crippen LogP contribution < -0.4 is 10.1 Å². The maximum atomic E-state index is 12.2. The number of nitrogens with zero attached hydrogens (tertiary/aromatic N) is 5. The van der Waals surface area contributed by atoms with E-state index in [0.717, 1.165) is 0 Å². The zero-order valence-electron chi connectivity index (χ0n) is 14.3. The van der Waals surface area contributed by atoms with Gasteiger partial charge in [0.25, 0.3) is 0 Å². The van der Waals surface area contributed by atoms with E-state index in [2.05, 4.69) is 35.3 Å². The number of rotatable bonds is 6. The largest absolute Gasteiger partial charge is 0.417 e. The average molecular weight is 381 g/mol. The second kappa shape index (κ2) is 7.40. The number of ether oxygens (including phenoxy) is 3. The van der Waals surface area contributed by atoms with Gasteiger partial charge >= 0.3 is 6.61 Å². The summed E-state index contributed by atoms with van der Waals surface area (Å²) in [5, 5.41) is 13.4. The van der Waals surface area contributed by atoms with Crippen molar-refractivity contribution in [1.82, 2.24) is 29.9 Å². The Morgan fingerprint density at radius 2 is 2.22 bits per heavy atom. The van der Waals surface area contributed by atoms with E-state index in [1.807, 2.05) is 6.92 Å². The predicted molar refractivity (Wildman–Crippen MR) is 89.1 cm³/mol. The zero-order valence-corrected chi connectivity index (χ0v) is 14.3. The normalized spacial score (nSPS) is 18.7. The highest BCUT2D eigenvalue weighted by atomic mass is 19.3. The fraction of sp³-hybridized carbons (Fsp3) is 0.467. The molecule has 1 unspecified atom stereocenters. The number of anilines is 2. The minimum atomic E-state index is -2.93. The molecule has 1 aliphatic heterocycles. The standard InChI is InChI=1S/C15H17F2N7O3/c1-8(10-7-25-2-3-26-10)24-14-9(5-19-24)18-6-12(21-14)20-11-4-13(23-22-11)27-15(16)17/h4-6,8,10,15H,2-3,7H2,1H3,(H2,20,21,22,23)/t8-,10?/m1/s1. The van der Waals surface area contributed by atoms with Crippen LogP contribution in [0.3, 0.4) is 0 Å². The molecule has 1 saturated heterocycles. The third-order valence-electron chi connectivity index (χ3n) is 4.09. The van der Waals surface area contributed by atoms with E-state index in [4.69, 9.17) is 9.47 Å². The van der Waals surface area contributed by atoms with Gasteiger partial charge in [0.2, 0.25) is 5.88 Å². The van der Waals surface area contributed by atoms with Crippen molar-refractivity contribution in [1.29, 1.82) is 0 Å². The fourth-order valence-electron chi connectivity index (χ4n) is 2.78. The van der Waals surface area contributed by atoms with Crippen molar-refractivity contribution in [2.75, 3.05) is 25.1 Å². The van der Waals surface area contributed by atoms with Crippen LogP contribution in [0.15, 0.2) is 18.5 Å². The van der Waals surface area contributed by atoms with Gasteiger partial charge < -0.3 is 19.5 Å². The van der Waals surface area contributed by atoms with E-state index < -0.39 is 6.61 Å². The molecule has 1 fully saturated rings. The Balaban J connectivity index is 1.55. The molecule has 4 heterocycles. The first kappa shape index (κ1) is 17.5. The van der Waals surface area contributed by atoms with Crippen LogP contribution in [0.1, 0.15) is 13.0 Å². The molecule has 4 rings (SSSR count). The number of nitrogens with one attached hydrogen (secondary N) is 2. The average Bonchev–Trinajstić information content (AvgIpc) is 3.28. The minimum Gasteiger partial charge on any atom is -0.417 e. The quantitative estimate of drug-likeness (QED) is 0.666. The van der Waals surface area contributed by atoms with Gasteiger partial charge in [-0.1, -0.05) is 0 Å². The summed E-state index contributed by atoms with van der Waals surface area (Å²) in [6, 6.07) is 1.19. The van der Waals surface area contributed by atoms with Crippen LogP contribution in [0.5, 0.6) is 5.88 Å². The monoisotopic (exact) mass is 381 g/mol. The molecule has 12 heteroatoms. The van der Waals surface area contributed by atoms with Crippen LogP contribution in [0.2, 0.25) is 0 Å². The van der Waals surface area contributed by atoms with Crippen LogP contribution in [0, 0.1) is 0 Å². The third-order valence-corrected chi connectivity index (χ3v) is 4.09. The highest BCUT2D eigenvalue weighted by Gasteiger charge is 2.25. The molecule has 0 spiro atoms. The predicted octanol–water partition coefficient (Wildman–Crippen LogP) is 1.87. The maximum Gasteiger partial charge on any atom is 0.388 e. The Morgan fingerprint density at radius 1 is 1.33 bits per heavy atom. The number of fused-ring (bicyclic) bond motifs is 1. The number of hydrogen-bond acceptors (Lipinski definition) is 8.